The Hall–Kier alpha value is -1.69. The van der Waals surface area contributed by atoms with Gasteiger partial charge in [-0.05, 0) is 6.92 Å². The van der Waals surface area contributed by atoms with Gasteiger partial charge in [-0.25, -0.2) is 0 Å². The average Bonchev–Trinajstić information content (AvgIpc) is 2.18. The van der Waals surface area contributed by atoms with Crippen LogP contribution in [0, 0.1) is 13.3 Å². The molecule has 1 aliphatic carbocycles. The Bertz CT molecular complexity index is 533. The van der Waals surface area contributed by atoms with Gasteiger partial charge in [-0.15, -0.1) is 41.8 Å². The molecule has 0 aromatic heterocycles. The van der Waals surface area contributed by atoms with Crippen molar-refractivity contribution in [3.63, 3.8) is 0 Å². The highest BCUT2D eigenvalue weighted by Crippen LogP contribution is 2.30. The van der Waals surface area contributed by atoms with E-state index in [1.54, 1.807) is 0 Å². The molecule has 0 unspecified atom stereocenters. The van der Waals surface area contributed by atoms with Crippen LogP contribution in [-0.4, -0.2) is 0 Å². The van der Waals surface area contributed by atoms with E-state index in [-0.39, 0.29) is 0 Å². The first-order chi connectivity index (χ1) is 6.84. The van der Waals surface area contributed by atoms with Gasteiger partial charge in [0.1, 0.15) is 0 Å². The molecule has 0 heteroatoms. The lowest BCUT2D eigenvalue weighted by Crippen LogP contribution is -1.91. The van der Waals surface area contributed by atoms with Crippen LogP contribution in [0.4, 0.5) is 0 Å². The fourth-order valence-corrected chi connectivity index (χ4v) is 2.17. The van der Waals surface area contributed by atoms with E-state index in [9.17, 15) is 0 Å². The maximum Gasteiger partial charge on any atom is -0.0398 e. The predicted octanol–water partition coefficient (Wildman–Crippen LogP) is 3.73. The average molecular weight is 179 g/mol. The highest BCUT2D eigenvalue weighted by Gasteiger charge is 2.00. The molecular formula is C14H11-. The summed E-state index contributed by atoms with van der Waals surface area (Å²) in [5.74, 6) is 0. The molecule has 14 heavy (non-hydrogen) atoms. The molecule has 0 saturated heterocycles. The molecule has 68 valence electrons. The fraction of sp³-hybridized carbons (Fsp3) is 0.0714. The Morgan fingerprint density at radius 1 is 1.14 bits per heavy atom. The standard InChI is InChI=1S/C14H11/c1-10-8-12-6-2-4-11-5-3-7-13(9-10)14(11)12/h2-9H,1H3/q-1. The van der Waals surface area contributed by atoms with Crippen molar-refractivity contribution >= 4 is 16.8 Å². The fourth-order valence-electron chi connectivity index (χ4n) is 2.17. The smallest absolute Gasteiger partial charge is 0.0398 e. The van der Waals surface area contributed by atoms with Gasteiger partial charge in [-0.3, -0.25) is 0 Å². The molecule has 0 N–H and O–H groups in total. The summed E-state index contributed by atoms with van der Waals surface area (Å²) in [5.41, 5.74) is 4.01. The Morgan fingerprint density at radius 3 is 3.00 bits per heavy atom. The summed E-state index contributed by atoms with van der Waals surface area (Å²) in [6.07, 6.45) is 6.48. The van der Waals surface area contributed by atoms with Crippen molar-refractivity contribution in [3.05, 3.63) is 59.5 Å². The van der Waals surface area contributed by atoms with E-state index in [1.165, 1.54) is 27.5 Å². The molecule has 0 nitrogen and oxygen atoms in total. The van der Waals surface area contributed by atoms with Gasteiger partial charge in [0.05, 0.1) is 0 Å². The number of rotatable bonds is 0. The molecule has 0 atom stereocenters. The second kappa shape index (κ2) is 2.65. The zero-order chi connectivity index (χ0) is 9.54. The molecule has 0 heterocycles. The van der Waals surface area contributed by atoms with Crippen molar-refractivity contribution in [2.75, 3.05) is 0 Å². The molecule has 2 aromatic carbocycles. The third-order valence-corrected chi connectivity index (χ3v) is 2.74. The summed E-state index contributed by atoms with van der Waals surface area (Å²) in [5, 5.41) is 2.73. The van der Waals surface area contributed by atoms with Crippen LogP contribution in [0.1, 0.15) is 16.7 Å². The zero-order valence-corrected chi connectivity index (χ0v) is 8.12. The topological polar surface area (TPSA) is 0 Å². The maximum atomic E-state index is 2.25. The van der Waals surface area contributed by atoms with E-state index in [1.807, 2.05) is 0 Å². The van der Waals surface area contributed by atoms with E-state index < -0.39 is 0 Å². The van der Waals surface area contributed by atoms with Gasteiger partial charge >= 0.3 is 0 Å². The van der Waals surface area contributed by atoms with Crippen molar-refractivity contribution in [2.24, 2.45) is 0 Å². The van der Waals surface area contributed by atoms with Crippen molar-refractivity contribution in [3.8, 4) is 0 Å². The molecule has 0 amide bonds. The first-order valence-corrected chi connectivity index (χ1v) is 4.89. The van der Waals surface area contributed by atoms with E-state index >= 15 is 0 Å². The largest absolute Gasteiger partial charge is 0.145 e. The van der Waals surface area contributed by atoms with Crippen LogP contribution in [0.15, 0.2) is 36.4 Å². The second-order valence-electron chi connectivity index (χ2n) is 3.83. The monoisotopic (exact) mass is 179 g/mol. The first-order valence-electron chi connectivity index (χ1n) is 4.89. The lowest BCUT2D eigenvalue weighted by Gasteiger charge is -2.20. The number of hydrogen-bond acceptors (Lipinski definition) is 0. The number of hydrogen-bond donors (Lipinski definition) is 0. The summed E-state index contributed by atoms with van der Waals surface area (Å²) in [6, 6.07) is 11.0. The lowest BCUT2D eigenvalue weighted by atomic mass is 9.92. The molecule has 0 radical (unpaired) electrons. The summed E-state index contributed by atoms with van der Waals surface area (Å²) in [6.45, 7) is 2.15. The van der Waals surface area contributed by atoms with Crippen molar-refractivity contribution in [1.82, 2.24) is 0 Å². The van der Waals surface area contributed by atoms with Crippen molar-refractivity contribution < 1.29 is 0 Å². The Morgan fingerprint density at radius 2 is 2.07 bits per heavy atom. The summed E-state index contributed by atoms with van der Waals surface area (Å²) in [4.78, 5) is 0. The molecule has 0 fully saturated rings. The number of aryl methyl sites for hydroxylation is 1. The first kappa shape index (κ1) is 7.69. The Kier molecular flexibility index (Phi) is 1.45. The van der Waals surface area contributed by atoms with Gasteiger partial charge in [-0.1, -0.05) is 34.5 Å². The van der Waals surface area contributed by atoms with Crippen LogP contribution < -0.4 is 0 Å². The molecule has 1 aliphatic rings. The third kappa shape index (κ3) is 0.973. The normalized spacial score (nSPS) is 12.9. The van der Waals surface area contributed by atoms with E-state index in [0.717, 1.165) is 0 Å². The molecule has 2 aromatic rings. The van der Waals surface area contributed by atoms with Crippen LogP contribution in [0.2, 0.25) is 0 Å². The minimum absolute atomic E-state index is 1.33. The molecule has 3 rings (SSSR count). The Balaban J connectivity index is 2.53. The Labute approximate surface area is 83.9 Å². The van der Waals surface area contributed by atoms with Gasteiger partial charge in [0.25, 0.3) is 0 Å². The summed E-state index contributed by atoms with van der Waals surface area (Å²) >= 11 is 0. The van der Waals surface area contributed by atoms with Gasteiger partial charge in [0.15, 0.2) is 0 Å². The molecule has 0 saturated carbocycles. The van der Waals surface area contributed by atoms with E-state index in [0.29, 0.717) is 0 Å². The summed E-state index contributed by atoms with van der Waals surface area (Å²) < 4.78 is 0. The van der Waals surface area contributed by atoms with Gasteiger partial charge in [0.2, 0.25) is 0 Å². The van der Waals surface area contributed by atoms with Gasteiger partial charge in [0, 0.05) is 0 Å². The van der Waals surface area contributed by atoms with Crippen LogP contribution in [0.5, 0.6) is 0 Å². The molecular weight excluding hydrogens is 168 g/mol. The van der Waals surface area contributed by atoms with Gasteiger partial charge in [-0.2, -0.15) is 0 Å². The SMILES string of the molecule is Cc1cc2c3c(cccc3c1)[CH-]C=C2. The van der Waals surface area contributed by atoms with Gasteiger partial charge < -0.3 is 0 Å². The molecule has 0 spiro atoms. The quantitative estimate of drug-likeness (QED) is 0.540. The zero-order valence-electron chi connectivity index (χ0n) is 8.12. The highest BCUT2D eigenvalue weighted by atomic mass is 14.1. The molecule has 0 bridgehead atoms. The van der Waals surface area contributed by atoms with Crippen molar-refractivity contribution in [2.45, 2.75) is 6.92 Å². The van der Waals surface area contributed by atoms with Crippen LogP contribution in [0.3, 0.4) is 0 Å². The van der Waals surface area contributed by atoms with Crippen LogP contribution in [0.25, 0.3) is 16.8 Å². The third-order valence-electron chi connectivity index (χ3n) is 2.74. The second-order valence-corrected chi connectivity index (χ2v) is 3.83. The predicted molar refractivity (Wildman–Crippen MR) is 61.1 cm³/mol. The number of benzene rings is 2. The van der Waals surface area contributed by atoms with E-state index in [4.69, 9.17) is 0 Å². The minimum atomic E-state index is 1.33. The van der Waals surface area contributed by atoms with Crippen molar-refractivity contribution in [1.29, 1.82) is 0 Å². The molecule has 0 aliphatic heterocycles. The summed E-state index contributed by atoms with van der Waals surface area (Å²) in [7, 11) is 0. The maximum absolute atomic E-state index is 2.25. The lowest BCUT2D eigenvalue weighted by molar-refractivity contribution is 1.46. The van der Waals surface area contributed by atoms with E-state index in [2.05, 4.69) is 55.8 Å². The van der Waals surface area contributed by atoms with Crippen LogP contribution >= 0.6 is 0 Å². The highest BCUT2D eigenvalue weighted by molar-refractivity contribution is 5.96. The van der Waals surface area contributed by atoms with Crippen LogP contribution in [-0.2, 0) is 0 Å². The number of allylic oxidation sites excluding steroid dienone is 1. The minimum Gasteiger partial charge on any atom is -0.145 e.